The third kappa shape index (κ3) is 3.62. The lowest BCUT2D eigenvalue weighted by atomic mass is 10.1. The third-order valence-electron chi connectivity index (χ3n) is 5.35. The van der Waals surface area contributed by atoms with Gasteiger partial charge >= 0.3 is 0 Å². The van der Waals surface area contributed by atoms with Crippen LogP contribution in [-0.4, -0.2) is 36.2 Å². The summed E-state index contributed by atoms with van der Waals surface area (Å²) in [6.45, 7) is 2.11. The van der Waals surface area contributed by atoms with Gasteiger partial charge < -0.3 is 4.98 Å². The quantitative estimate of drug-likeness (QED) is 0.499. The minimum atomic E-state index is -0.104. The summed E-state index contributed by atoms with van der Waals surface area (Å²) in [5.41, 5.74) is 5.65. The highest BCUT2D eigenvalue weighted by Gasteiger charge is 2.22. The van der Waals surface area contributed by atoms with Crippen molar-refractivity contribution in [1.82, 2.24) is 29.6 Å². The van der Waals surface area contributed by atoms with Crippen LogP contribution in [0.1, 0.15) is 16.8 Å². The van der Waals surface area contributed by atoms with E-state index in [1.54, 1.807) is 12.4 Å². The van der Waals surface area contributed by atoms with Crippen LogP contribution in [0.25, 0.3) is 16.9 Å². The second-order valence-electron chi connectivity index (χ2n) is 7.34. The lowest BCUT2D eigenvalue weighted by Crippen LogP contribution is -2.35. The Labute approximate surface area is 178 Å². The van der Waals surface area contributed by atoms with Gasteiger partial charge in [0.15, 0.2) is 4.77 Å². The molecule has 150 valence electrons. The molecule has 0 atom stereocenters. The van der Waals surface area contributed by atoms with Crippen molar-refractivity contribution >= 4 is 12.2 Å². The van der Waals surface area contributed by atoms with E-state index in [2.05, 4.69) is 26.0 Å². The fourth-order valence-corrected chi connectivity index (χ4v) is 4.10. The molecule has 30 heavy (non-hydrogen) atoms. The zero-order valence-electron chi connectivity index (χ0n) is 16.2. The van der Waals surface area contributed by atoms with Crippen molar-refractivity contribution in [3.8, 4) is 16.9 Å². The van der Waals surface area contributed by atoms with Gasteiger partial charge in [-0.05, 0) is 36.5 Å². The van der Waals surface area contributed by atoms with E-state index in [9.17, 15) is 4.79 Å². The number of fused-ring (bicyclic) bond motifs is 1. The number of rotatable bonds is 4. The van der Waals surface area contributed by atoms with Gasteiger partial charge in [-0.25, -0.2) is 4.68 Å². The van der Waals surface area contributed by atoms with Crippen molar-refractivity contribution in [3.05, 3.63) is 93.0 Å². The second kappa shape index (κ2) is 7.81. The minimum absolute atomic E-state index is 0.104. The van der Waals surface area contributed by atoms with Crippen molar-refractivity contribution < 1.29 is 0 Å². The molecular weight excluding hydrogens is 396 g/mol. The van der Waals surface area contributed by atoms with E-state index in [0.29, 0.717) is 17.9 Å². The summed E-state index contributed by atoms with van der Waals surface area (Å²) in [7, 11) is 0. The van der Waals surface area contributed by atoms with Crippen molar-refractivity contribution in [2.24, 2.45) is 0 Å². The molecule has 0 fully saturated rings. The first-order valence-electron chi connectivity index (χ1n) is 9.78. The topological polar surface area (TPSA) is 82.6 Å². The van der Waals surface area contributed by atoms with Crippen LogP contribution in [0, 0.1) is 4.77 Å². The van der Waals surface area contributed by atoms with Crippen LogP contribution < -0.4 is 5.56 Å². The average Bonchev–Trinajstić information content (AvgIpc) is 3.19. The van der Waals surface area contributed by atoms with Crippen LogP contribution in [0.3, 0.4) is 0 Å². The van der Waals surface area contributed by atoms with Gasteiger partial charge in [-0.1, -0.05) is 18.2 Å². The van der Waals surface area contributed by atoms with Gasteiger partial charge in [-0.3, -0.25) is 19.7 Å². The second-order valence-corrected chi connectivity index (χ2v) is 7.75. The Hall–Kier alpha value is -3.36. The molecule has 1 aliphatic heterocycles. The van der Waals surface area contributed by atoms with Crippen molar-refractivity contribution in [2.45, 2.75) is 19.5 Å². The number of nitrogens with one attached hydrogen (secondary N) is 2. The summed E-state index contributed by atoms with van der Waals surface area (Å²) in [6, 6.07) is 14.0. The van der Waals surface area contributed by atoms with Crippen LogP contribution in [-0.2, 0) is 19.5 Å². The molecule has 0 spiro atoms. The molecule has 4 aromatic rings. The maximum absolute atomic E-state index is 12.4. The van der Waals surface area contributed by atoms with Crippen molar-refractivity contribution in [1.29, 1.82) is 0 Å². The first-order valence-corrected chi connectivity index (χ1v) is 10.2. The Bertz CT molecular complexity index is 1290. The van der Waals surface area contributed by atoms with Gasteiger partial charge in [0.2, 0.25) is 0 Å². The molecule has 2 N–H and O–H groups in total. The number of aromatic nitrogens is 5. The monoisotopic (exact) mass is 416 g/mol. The molecular formula is C22H20N6OS. The molecule has 0 radical (unpaired) electrons. The summed E-state index contributed by atoms with van der Waals surface area (Å²) in [4.78, 5) is 24.6. The van der Waals surface area contributed by atoms with E-state index in [1.165, 1.54) is 0 Å². The highest BCUT2D eigenvalue weighted by molar-refractivity contribution is 7.71. The molecule has 8 heteroatoms. The number of nitrogens with zero attached hydrogens (tertiary/aromatic N) is 4. The summed E-state index contributed by atoms with van der Waals surface area (Å²) in [6.07, 6.45) is 6.39. The van der Waals surface area contributed by atoms with Crippen LogP contribution in [0.15, 0.2) is 65.8 Å². The van der Waals surface area contributed by atoms with Crippen LogP contribution >= 0.6 is 12.2 Å². The molecule has 0 saturated heterocycles. The number of pyridine rings is 1. The predicted octanol–water partition coefficient (Wildman–Crippen LogP) is 3.24. The van der Waals surface area contributed by atoms with Gasteiger partial charge in [-0.2, -0.15) is 5.10 Å². The number of hydrogen-bond donors (Lipinski definition) is 2. The molecule has 0 bridgehead atoms. The Morgan fingerprint density at radius 2 is 1.87 bits per heavy atom. The van der Waals surface area contributed by atoms with Gasteiger partial charge in [0.05, 0.1) is 16.9 Å². The Balaban J connectivity index is 1.50. The van der Waals surface area contributed by atoms with E-state index >= 15 is 0 Å². The van der Waals surface area contributed by atoms with E-state index in [1.807, 2.05) is 47.1 Å². The minimum Gasteiger partial charge on any atom is -0.335 e. The van der Waals surface area contributed by atoms with E-state index in [-0.39, 0.29) is 5.56 Å². The Morgan fingerprint density at radius 1 is 1.07 bits per heavy atom. The zero-order valence-corrected chi connectivity index (χ0v) is 17.0. The molecule has 0 saturated carbocycles. The Morgan fingerprint density at radius 3 is 2.67 bits per heavy atom. The predicted molar refractivity (Wildman–Crippen MR) is 117 cm³/mol. The number of para-hydroxylation sites is 1. The Kier molecular flexibility index (Phi) is 4.86. The normalized spacial score (nSPS) is 13.9. The molecule has 7 nitrogen and oxygen atoms in total. The summed E-state index contributed by atoms with van der Waals surface area (Å²) in [5, 5.41) is 4.86. The summed E-state index contributed by atoms with van der Waals surface area (Å²) >= 11 is 5.10. The van der Waals surface area contributed by atoms with E-state index < -0.39 is 0 Å². The molecule has 3 aromatic heterocycles. The third-order valence-corrected chi connectivity index (χ3v) is 5.55. The zero-order chi connectivity index (χ0) is 20.5. The fourth-order valence-electron chi connectivity index (χ4n) is 3.88. The first-order chi connectivity index (χ1) is 14.7. The number of aromatic amines is 2. The highest BCUT2D eigenvalue weighted by atomic mass is 32.1. The highest BCUT2D eigenvalue weighted by Crippen LogP contribution is 2.26. The average molecular weight is 417 g/mol. The van der Waals surface area contributed by atoms with Crippen LogP contribution in [0.2, 0.25) is 0 Å². The molecule has 5 rings (SSSR count). The molecule has 1 aliphatic rings. The standard InChI is InChI=1S/C22H20N6OS/c29-21-18-14-27(11-8-19(18)24-22(30)25-21)12-16-13-28(17-4-2-1-3-5-17)26-20(16)15-6-9-23-10-7-15/h1-7,9-10,13H,8,11-12,14H2,(H2,24,25,29,30). The molecule has 1 aromatic carbocycles. The smallest absolute Gasteiger partial charge is 0.256 e. The summed E-state index contributed by atoms with van der Waals surface area (Å²) in [5.74, 6) is 0. The van der Waals surface area contributed by atoms with E-state index in [4.69, 9.17) is 17.3 Å². The largest absolute Gasteiger partial charge is 0.335 e. The SMILES string of the molecule is O=c1[nH]c(=S)[nH]c2c1CN(Cc1cn(-c3ccccc3)nc1-c1ccncc1)CC2. The maximum atomic E-state index is 12.4. The lowest BCUT2D eigenvalue weighted by molar-refractivity contribution is 0.242. The lowest BCUT2D eigenvalue weighted by Gasteiger charge is -2.27. The van der Waals surface area contributed by atoms with Crippen LogP contribution in [0.4, 0.5) is 0 Å². The molecule has 4 heterocycles. The maximum Gasteiger partial charge on any atom is 0.256 e. The molecule has 0 aliphatic carbocycles. The van der Waals surface area contributed by atoms with Gasteiger partial charge in [0.25, 0.3) is 5.56 Å². The number of H-pyrrole nitrogens is 2. The molecule has 0 amide bonds. The van der Waals surface area contributed by atoms with Crippen molar-refractivity contribution in [3.63, 3.8) is 0 Å². The number of benzene rings is 1. The van der Waals surface area contributed by atoms with Crippen LogP contribution in [0.5, 0.6) is 0 Å². The molecule has 0 unspecified atom stereocenters. The van der Waals surface area contributed by atoms with Gasteiger partial charge in [0.1, 0.15) is 0 Å². The van der Waals surface area contributed by atoms with Crippen molar-refractivity contribution in [2.75, 3.05) is 6.54 Å². The fraction of sp³-hybridized carbons (Fsp3) is 0.182. The summed E-state index contributed by atoms with van der Waals surface area (Å²) < 4.78 is 2.30. The van der Waals surface area contributed by atoms with Gasteiger partial charge in [0, 0.05) is 61.5 Å². The van der Waals surface area contributed by atoms with Gasteiger partial charge in [-0.15, -0.1) is 0 Å². The van der Waals surface area contributed by atoms with E-state index in [0.717, 1.165) is 46.7 Å². The first kappa shape index (κ1) is 18.7. The number of hydrogen-bond acceptors (Lipinski definition) is 5.